The largest absolute Gasteiger partial charge is 0.455 e. The average Bonchev–Trinajstić information content (AvgIpc) is 3.13. The molecule has 130 valence electrons. The van der Waals surface area contributed by atoms with Gasteiger partial charge in [-0.2, -0.15) is 0 Å². The molecule has 1 amide bonds. The predicted octanol–water partition coefficient (Wildman–Crippen LogP) is 4.18. The van der Waals surface area contributed by atoms with Gasteiger partial charge in [0.25, 0.3) is 5.91 Å². The van der Waals surface area contributed by atoms with Gasteiger partial charge in [-0.15, -0.1) is 11.8 Å². The molecule has 2 aromatic rings. The summed E-state index contributed by atoms with van der Waals surface area (Å²) in [7, 11) is 0. The number of aliphatic imine (C=N–C) groups is 1. The molecule has 4 nitrogen and oxygen atoms in total. The van der Waals surface area contributed by atoms with Gasteiger partial charge in [0.15, 0.2) is 5.76 Å². The Labute approximate surface area is 149 Å². The topological polar surface area (TPSA) is 54.6 Å². The minimum absolute atomic E-state index is 0.108. The molecule has 1 aromatic carbocycles. The number of furan rings is 1. The van der Waals surface area contributed by atoms with Crippen molar-refractivity contribution in [2.45, 2.75) is 44.5 Å². The van der Waals surface area contributed by atoms with Crippen LogP contribution < -0.4 is 5.32 Å². The second-order valence-corrected chi connectivity index (χ2v) is 7.92. The normalized spacial score (nSPS) is 21.5. The zero-order valence-corrected chi connectivity index (χ0v) is 15.0. The van der Waals surface area contributed by atoms with Crippen molar-refractivity contribution < 1.29 is 13.6 Å². The summed E-state index contributed by atoms with van der Waals surface area (Å²) in [6, 6.07) is 6.20. The Bertz CT molecular complexity index is 857. The highest BCUT2D eigenvalue weighted by molar-refractivity contribution is 8.14. The molecule has 0 unspecified atom stereocenters. The lowest BCUT2D eigenvalue weighted by atomic mass is 9.90. The smallest absolute Gasteiger partial charge is 0.287 e. The summed E-state index contributed by atoms with van der Waals surface area (Å²) in [6.07, 6.45) is 1.87. The van der Waals surface area contributed by atoms with Crippen LogP contribution in [-0.4, -0.2) is 16.2 Å². The number of benzene rings is 1. The summed E-state index contributed by atoms with van der Waals surface area (Å²) in [5.41, 5.74) is 2.82. The predicted molar refractivity (Wildman–Crippen MR) is 96.6 cm³/mol. The fraction of sp³-hybridized carbons (Fsp3) is 0.368. The van der Waals surface area contributed by atoms with Gasteiger partial charge >= 0.3 is 0 Å². The van der Waals surface area contributed by atoms with E-state index < -0.39 is 0 Å². The van der Waals surface area contributed by atoms with Gasteiger partial charge in [-0.3, -0.25) is 9.79 Å². The van der Waals surface area contributed by atoms with Crippen LogP contribution in [0.3, 0.4) is 0 Å². The first kappa shape index (κ1) is 16.4. The number of fused-ring (bicyclic) bond motifs is 3. The maximum Gasteiger partial charge on any atom is 0.287 e. The van der Waals surface area contributed by atoms with Crippen LogP contribution in [0, 0.1) is 12.7 Å². The Balaban J connectivity index is 1.54. The standard InChI is InChI=1S/C19H19FN2O2S/c1-10-16-14(7-8-15-17(16)22-11(2)25-15)24-18(10)19(23)21-9-12-3-5-13(20)6-4-12/h3-6,15,17H,7-9H2,1-2H3,(H,21,23)/t15-,17+/m1/s1. The quantitative estimate of drug-likeness (QED) is 0.896. The van der Waals surface area contributed by atoms with E-state index in [0.717, 1.165) is 40.3 Å². The van der Waals surface area contributed by atoms with Crippen LogP contribution in [0.25, 0.3) is 0 Å². The Kier molecular flexibility index (Phi) is 4.15. The maximum atomic E-state index is 13.0. The minimum Gasteiger partial charge on any atom is -0.455 e. The van der Waals surface area contributed by atoms with Crippen molar-refractivity contribution in [2.75, 3.05) is 0 Å². The third-order valence-electron chi connectivity index (χ3n) is 4.79. The van der Waals surface area contributed by atoms with E-state index in [4.69, 9.17) is 9.41 Å². The maximum absolute atomic E-state index is 13.0. The summed E-state index contributed by atoms with van der Waals surface area (Å²) in [5, 5.41) is 4.42. The highest BCUT2D eigenvalue weighted by atomic mass is 32.2. The lowest BCUT2D eigenvalue weighted by molar-refractivity contribution is 0.0920. The molecule has 0 bridgehead atoms. The van der Waals surface area contributed by atoms with Crippen molar-refractivity contribution >= 4 is 22.7 Å². The number of carbonyl (C=O) groups excluding carboxylic acids is 1. The van der Waals surface area contributed by atoms with Crippen LogP contribution in [0.15, 0.2) is 33.7 Å². The van der Waals surface area contributed by atoms with E-state index in [-0.39, 0.29) is 17.8 Å². The van der Waals surface area contributed by atoms with Crippen molar-refractivity contribution in [3.63, 3.8) is 0 Å². The van der Waals surface area contributed by atoms with Crippen molar-refractivity contribution in [3.8, 4) is 0 Å². The molecule has 1 aromatic heterocycles. The fourth-order valence-electron chi connectivity index (χ4n) is 3.57. The van der Waals surface area contributed by atoms with E-state index in [1.807, 2.05) is 25.6 Å². The third-order valence-corrected chi connectivity index (χ3v) is 6.03. The molecule has 4 rings (SSSR count). The summed E-state index contributed by atoms with van der Waals surface area (Å²) >= 11 is 1.83. The van der Waals surface area contributed by atoms with Crippen LogP contribution >= 0.6 is 11.8 Å². The number of amides is 1. The summed E-state index contributed by atoms with van der Waals surface area (Å²) in [6.45, 7) is 4.31. The van der Waals surface area contributed by atoms with Gasteiger partial charge in [-0.05, 0) is 38.0 Å². The van der Waals surface area contributed by atoms with Crippen LogP contribution in [0.4, 0.5) is 4.39 Å². The number of hydrogen-bond donors (Lipinski definition) is 1. The Morgan fingerprint density at radius 1 is 1.36 bits per heavy atom. The lowest BCUT2D eigenvalue weighted by Gasteiger charge is -2.22. The van der Waals surface area contributed by atoms with E-state index >= 15 is 0 Å². The first-order valence-corrected chi connectivity index (χ1v) is 9.26. The van der Waals surface area contributed by atoms with Gasteiger partial charge in [0.1, 0.15) is 11.6 Å². The van der Waals surface area contributed by atoms with Gasteiger partial charge in [-0.25, -0.2) is 4.39 Å². The highest BCUT2D eigenvalue weighted by Gasteiger charge is 2.39. The zero-order chi connectivity index (χ0) is 17.6. The molecular formula is C19H19FN2O2S. The molecule has 2 aliphatic rings. The number of aryl methyl sites for hydroxylation is 1. The monoisotopic (exact) mass is 358 g/mol. The highest BCUT2D eigenvalue weighted by Crippen LogP contribution is 2.47. The van der Waals surface area contributed by atoms with E-state index in [1.54, 1.807) is 12.1 Å². The number of rotatable bonds is 3. The van der Waals surface area contributed by atoms with E-state index in [1.165, 1.54) is 12.1 Å². The van der Waals surface area contributed by atoms with Crippen molar-refractivity contribution in [3.05, 3.63) is 58.3 Å². The van der Waals surface area contributed by atoms with Gasteiger partial charge < -0.3 is 9.73 Å². The number of nitrogens with one attached hydrogen (secondary N) is 1. The molecule has 2 atom stereocenters. The minimum atomic E-state index is -0.288. The molecule has 6 heteroatoms. The van der Waals surface area contributed by atoms with E-state index in [2.05, 4.69) is 5.32 Å². The molecule has 25 heavy (non-hydrogen) atoms. The first-order chi connectivity index (χ1) is 12.0. The average molecular weight is 358 g/mol. The molecule has 1 N–H and O–H groups in total. The van der Waals surface area contributed by atoms with Crippen LogP contribution in [0.1, 0.15) is 52.4 Å². The second kappa shape index (κ2) is 6.33. The lowest BCUT2D eigenvalue weighted by Crippen LogP contribution is -2.23. The zero-order valence-electron chi connectivity index (χ0n) is 14.1. The Morgan fingerprint density at radius 3 is 2.88 bits per heavy atom. The van der Waals surface area contributed by atoms with Crippen LogP contribution in [0.5, 0.6) is 0 Å². The number of thioether (sulfide) groups is 1. The van der Waals surface area contributed by atoms with Crippen LogP contribution in [-0.2, 0) is 13.0 Å². The van der Waals surface area contributed by atoms with E-state index in [9.17, 15) is 9.18 Å². The molecule has 2 heterocycles. The number of carbonyl (C=O) groups is 1. The number of halogens is 1. The number of nitrogens with zero attached hydrogens (tertiary/aromatic N) is 1. The summed E-state index contributed by atoms with van der Waals surface area (Å²) in [5.74, 6) is 0.742. The Morgan fingerprint density at radius 2 is 2.12 bits per heavy atom. The van der Waals surface area contributed by atoms with E-state index in [0.29, 0.717) is 17.6 Å². The summed E-state index contributed by atoms with van der Waals surface area (Å²) in [4.78, 5) is 17.3. The fourth-order valence-corrected chi connectivity index (χ4v) is 4.75. The molecule has 0 saturated heterocycles. The Hall–Kier alpha value is -2.08. The molecule has 0 radical (unpaired) electrons. The second-order valence-electron chi connectivity index (χ2n) is 6.49. The molecule has 1 aliphatic heterocycles. The summed E-state index contributed by atoms with van der Waals surface area (Å²) < 4.78 is 18.9. The van der Waals surface area contributed by atoms with Gasteiger partial charge in [0.2, 0.25) is 0 Å². The van der Waals surface area contributed by atoms with Crippen molar-refractivity contribution in [1.82, 2.24) is 5.32 Å². The van der Waals surface area contributed by atoms with Gasteiger partial charge in [0, 0.05) is 29.3 Å². The first-order valence-electron chi connectivity index (χ1n) is 8.39. The molecule has 0 fully saturated rings. The molecule has 0 saturated carbocycles. The van der Waals surface area contributed by atoms with Crippen molar-refractivity contribution in [1.29, 1.82) is 0 Å². The van der Waals surface area contributed by atoms with Crippen LogP contribution in [0.2, 0.25) is 0 Å². The van der Waals surface area contributed by atoms with Gasteiger partial charge in [-0.1, -0.05) is 12.1 Å². The van der Waals surface area contributed by atoms with Crippen molar-refractivity contribution in [2.24, 2.45) is 4.99 Å². The SMILES string of the molecule is CC1=N[C@@H]2c3c(oc(C(=O)NCc4ccc(F)cc4)c3C)CC[C@H]2S1. The molecule has 1 aliphatic carbocycles. The number of hydrogen-bond acceptors (Lipinski definition) is 4. The third kappa shape index (κ3) is 2.99. The molecule has 0 spiro atoms. The molecular weight excluding hydrogens is 339 g/mol. The van der Waals surface area contributed by atoms with Gasteiger partial charge in [0.05, 0.1) is 11.1 Å².